The van der Waals surface area contributed by atoms with E-state index in [0.29, 0.717) is 11.1 Å². The fourth-order valence-corrected chi connectivity index (χ4v) is 3.58. The maximum Gasteiger partial charge on any atom is 0.268 e. The van der Waals surface area contributed by atoms with E-state index in [1.165, 1.54) is 10.2 Å². The molecule has 0 atom stereocenters. The number of rotatable bonds is 2. The van der Waals surface area contributed by atoms with Crippen LogP contribution in [0.5, 0.6) is 0 Å². The summed E-state index contributed by atoms with van der Waals surface area (Å²) in [5.41, 5.74) is 2.29. The number of aryl methyl sites for hydroxylation is 1. The maximum atomic E-state index is 12.7. The van der Waals surface area contributed by atoms with Crippen LogP contribution in [0.1, 0.15) is 12.5 Å². The zero-order chi connectivity index (χ0) is 15.7. The smallest absolute Gasteiger partial charge is 0.241 e. The van der Waals surface area contributed by atoms with Crippen molar-refractivity contribution in [2.45, 2.75) is 11.8 Å². The average Bonchev–Trinajstić information content (AvgIpc) is 2.92. The molecule has 0 spiro atoms. The zero-order valence-corrected chi connectivity index (χ0v) is 12.2. The molecule has 2 aromatic carbocycles. The molecule has 104 valence electrons. The summed E-state index contributed by atoms with van der Waals surface area (Å²) in [5, 5.41) is 0.774. The average molecular weight is 296 g/mol. The van der Waals surface area contributed by atoms with Crippen LogP contribution >= 0.6 is 0 Å². The van der Waals surface area contributed by atoms with Gasteiger partial charge in [-0.15, -0.1) is 6.40 Å². The molecule has 21 heavy (non-hydrogen) atoms. The minimum Gasteiger partial charge on any atom is -0.241 e. The van der Waals surface area contributed by atoms with Gasteiger partial charge in [0.2, 0.25) is 0 Å². The van der Waals surface area contributed by atoms with Gasteiger partial charge < -0.3 is 0 Å². The van der Waals surface area contributed by atoms with Crippen molar-refractivity contribution in [2.24, 2.45) is 0 Å². The van der Waals surface area contributed by atoms with Crippen LogP contribution in [0.15, 0.2) is 59.6 Å². The van der Waals surface area contributed by atoms with Gasteiger partial charge in [-0.1, -0.05) is 23.6 Å². The quantitative estimate of drug-likeness (QED) is 0.681. The number of hydrogen-bond donors (Lipinski definition) is 0. The third-order valence-electron chi connectivity index (χ3n) is 3.38. The SMILES string of the molecule is [2H]C#Cc1ccc2c(ccn2S(=O)(=O)c2ccc(C)cc2)c1. The molecular formula is C17H13NO2S. The van der Waals surface area contributed by atoms with Crippen LogP contribution in [0.4, 0.5) is 0 Å². The van der Waals surface area contributed by atoms with Crippen molar-refractivity contribution in [3.8, 4) is 12.3 Å². The van der Waals surface area contributed by atoms with E-state index in [0.717, 1.165) is 10.9 Å². The second-order valence-corrected chi connectivity index (χ2v) is 6.64. The largest absolute Gasteiger partial charge is 0.268 e. The van der Waals surface area contributed by atoms with Crippen molar-refractivity contribution in [2.75, 3.05) is 0 Å². The molecule has 0 aliphatic heterocycles. The molecule has 0 radical (unpaired) electrons. The Morgan fingerprint density at radius 3 is 2.62 bits per heavy atom. The Balaban J connectivity index is 2.16. The molecule has 3 aromatic rings. The lowest BCUT2D eigenvalue weighted by Crippen LogP contribution is -2.11. The molecule has 0 saturated carbocycles. The summed E-state index contributed by atoms with van der Waals surface area (Å²) in [6.07, 6.45) is 3.63. The van der Waals surface area contributed by atoms with Crippen LogP contribution in [-0.4, -0.2) is 12.4 Å². The standard InChI is InChI=1S/C17H13NO2S/c1-3-14-6-9-17-15(12-14)10-11-18(17)21(19,20)16-7-4-13(2)5-8-16/h1,4-12H,2H3/i1D. The van der Waals surface area contributed by atoms with Gasteiger partial charge in [0.05, 0.1) is 10.4 Å². The van der Waals surface area contributed by atoms with Gasteiger partial charge in [-0.25, -0.2) is 12.4 Å². The Labute approximate surface area is 125 Å². The van der Waals surface area contributed by atoms with Crippen molar-refractivity contribution >= 4 is 20.9 Å². The summed E-state index contributed by atoms with van der Waals surface area (Å²) in [4.78, 5) is 0.255. The van der Waals surface area contributed by atoms with Gasteiger partial charge in [-0.2, -0.15) is 0 Å². The molecule has 1 heterocycles. The molecule has 0 N–H and O–H groups in total. The first-order chi connectivity index (χ1) is 10.5. The number of hydrogen-bond acceptors (Lipinski definition) is 2. The van der Waals surface area contributed by atoms with Gasteiger partial charge in [-0.05, 0) is 43.3 Å². The van der Waals surface area contributed by atoms with Crippen molar-refractivity contribution in [1.82, 2.24) is 3.97 Å². The molecule has 3 nitrogen and oxygen atoms in total. The first-order valence-corrected chi connectivity index (χ1v) is 7.82. The Morgan fingerprint density at radius 1 is 1.14 bits per heavy atom. The van der Waals surface area contributed by atoms with Gasteiger partial charge >= 0.3 is 0 Å². The fourth-order valence-electron chi connectivity index (χ4n) is 2.23. The van der Waals surface area contributed by atoms with Gasteiger partial charge in [0, 0.05) is 17.1 Å². The summed E-state index contributed by atoms with van der Waals surface area (Å²) in [6.45, 7) is 1.91. The van der Waals surface area contributed by atoms with Gasteiger partial charge in [0.15, 0.2) is 0 Å². The van der Waals surface area contributed by atoms with E-state index in [-0.39, 0.29) is 4.90 Å². The highest BCUT2D eigenvalue weighted by atomic mass is 32.2. The first-order valence-electron chi connectivity index (χ1n) is 6.88. The number of aromatic nitrogens is 1. The normalized spacial score (nSPS) is 11.8. The number of fused-ring (bicyclic) bond motifs is 1. The fraction of sp³-hybridized carbons (Fsp3) is 0.0588. The first kappa shape index (κ1) is 12.2. The van der Waals surface area contributed by atoms with Crippen molar-refractivity contribution in [1.29, 1.82) is 0 Å². The summed E-state index contributed by atoms with van der Waals surface area (Å²) in [6, 6.07) is 13.7. The van der Waals surface area contributed by atoms with Crippen LogP contribution in [0.25, 0.3) is 10.9 Å². The van der Waals surface area contributed by atoms with Crippen molar-refractivity contribution in [3.63, 3.8) is 0 Å². The summed E-state index contributed by atoms with van der Waals surface area (Å²) in [5.74, 6) is 2.64. The molecule has 1 aromatic heterocycles. The molecule has 0 bridgehead atoms. The van der Waals surface area contributed by atoms with Crippen molar-refractivity contribution < 1.29 is 9.79 Å². The summed E-state index contributed by atoms with van der Waals surface area (Å²) < 4.78 is 33.7. The number of benzene rings is 2. The lowest BCUT2D eigenvalue weighted by Gasteiger charge is -2.08. The van der Waals surface area contributed by atoms with Crippen LogP contribution in [0.2, 0.25) is 0 Å². The minimum absolute atomic E-state index is 0.255. The third-order valence-corrected chi connectivity index (χ3v) is 5.08. The zero-order valence-electron chi connectivity index (χ0n) is 12.4. The minimum atomic E-state index is -3.62. The predicted molar refractivity (Wildman–Crippen MR) is 83.6 cm³/mol. The molecule has 0 saturated heterocycles. The molecule has 0 fully saturated rings. The monoisotopic (exact) mass is 296 g/mol. The molecular weight excluding hydrogens is 282 g/mol. The van der Waals surface area contributed by atoms with Crippen molar-refractivity contribution in [3.05, 3.63) is 65.9 Å². The molecule has 0 aliphatic rings. The van der Waals surface area contributed by atoms with Crippen LogP contribution < -0.4 is 0 Å². The second kappa shape index (κ2) is 4.80. The Hall–Kier alpha value is -2.51. The molecule has 0 aliphatic carbocycles. The summed E-state index contributed by atoms with van der Waals surface area (Å²) >= 11 is 0. The topological polar surface area (TPSA) is 39.1 Å². The van der Waals surface area contributed by atoms with Gasteiger partial charge in [-0.3, -0.25) is 0 Å². The van der Waals surface area contributed by atoms with E-state index in [2.05, 4.69) is 12.3 Å². The van der Waals surface area contributed by atoms with E-state index in [1.807, 2.05) is 6.92 Å². The lowest BCUT2D eigenvalue weighted by atomic mass is 10.2. The maximum absolute atomic E-state index is 12.7. The van der Waals surface area contributed by atoms with E-state index >= 15 is 0 Å². The number of terminal acetylenes is 1. The highest BCUT2D eigenvalue weighted by molar-refractivity contribution is 7.90. The molecule has 4 heteroatoms. The number of nitrogens with zero attached hydrogens (tertiary/aromatic N) is 1. The van der Waals surface area contributed by atoms with Crippen LogP contribution in [0.3, 0.4) is 0 Å². The Kier molecular flexibility index (Phi) is 2.80. The highest BCUT2D eigenvalue weighted by Gasteiger charge is 2.18. The Morgan fingerprint density at radius 2 is 1.90 bits per heavy atom. The third kappa shape index (κ3) is 2.22. The van der Waals surface area contributed by atoms with E-state index in [1.54, 1.807) is 48.5 Å². The molecule has 3 rings (SSSR count). The summed E-state index contributed by atoms with van der Waals surface area (Å²) in [7, 11) is -3.62. The Bertz CT molecular complexity index is 1010. The van der Waals surface area contributed by atoms with E-state index < -0.39 is 10.0 Å². The van der Waals surface area contributed by atoms with Crippen LogP contribution in [0, 0.1) is 19.2 Å². The highest BCUT2D eigenvalue weighted by Crippen LogP contribution is 2.23. The molecule has 0 unspecified atom stereocenters. The lowest BCUT2D eigenvalue weighted by molar-refractivity contribution is 0.589. The predicted octanol–water partition coefficient (Wildman–Crippen LogP) is 3.17. The van der Waals surface area contributed by atoms with E-state index in [9.17, 15) is 8.42 Å². The van der Waals surface area contributed by atoms with Gasteiger partial charge in [0.25, 0.3) is 10.0 Å². The second-order valence-electron chi connectivity index (χ2n) is 4.83. The van der Waals surface area contributed by atoms with Crippen LogP contribution in [-0.2, 0) is 10.0 Å². The van der Waals surface area contributed by atoms with E-state index in [4.69, 9.17) is 1.37 Å². The molecule has 0 amide bonds. The van der Waals surface area contributed by atoms with Gasteiger partial charge in [0.1, 0.15) is 1.37 Å².